The number of benzene rings is 2. The van der Waals surface area contributed by atoms with E-state index in [-0.39, 0.29) is 6.61 Å². The van der Waals surface area contributed by atoms with Gasteiger partial charge in [-0.3, -0.25) is 4.57 Å². The van der Waals surface area contributed by atoms with Crippen LogP contribution < -0.4 is 9.83 Å². The topological polar surface area (TPSA) is 80.3 Å². The fourth-order valence-electron chi connectivity index (χ4n) is 3.85. The van der Waals surface area contributed by atoms with Gasteiger partial charge in [0.25, 0.3) is 5.97 Å². The Kier molecular flexibility index (Phi) is 4.99. The normalized spacial score (nSPS) is 29.5. The lowest BCUT2D eigenvalue weighted by Crippen LogP contribution is -2.30. The first-order valence-electron chi connectivity index (χ1n) is 9.87. The first kappa shape index (κ1) is 19.5. The lowest BCUT2D eigenvalue weighted by molar-refractivity contribution is -0.314. The summed E-state index contributed by atoms with van der Waals surface area (Å²) in [7, 11) is -3.42. The lowest BCUT2D eigenvalue weighted by Gasteiger charge is -2.26. The van der Waals surface area contributed by atoms with Crippen molar-refractivity contribution in [3.05, 3.63) is 60.4 Å². The highest BCUT2D eigenvalue weighted by molar-refractivity contribution is 7.70. The van der Waals surface area contributed by atoms with Crippen LogP contribution in [0.5, 0.6) is 5.75 Å². The lowest BCUT2D eigenvalue weighted by atomic mass is 10.0. The van der Waals surface area contributed by atoms with Crippen molar-refractivity contribution in [1.29, 1.82) is 0 Å². The van der Waals surface area contributed by atoms with E-state index in [4.69, 9.17) is 23.5 Å². The summed E-state index contributed by atoms with van der Waals surface area (Å²) in [6.45, 7) is 0.913. The molecular formula is C22H21O7P. The van der Waals surface area contributed by atoms with Gasteiger partial charge in [-0.2, -0.15) is 0 Å². The van der Waals surface area contributed by atoms with E-state index >= 15 is 0 Å². The van der Waals surface area contributed by atoms with Crippen LogP contribution in [0.2, 0.25) is 0 Å². The third-order valence-corrected chi connectivity index (χ3v) is 7.33. The zero-order valence-electron chi connectivity index (χ0n) is 16.2. The largest absolute Gasteiger partial charge is 0.460 e. The summed E-state index contributed by atoms with van der Waals surface area (Å²) in [6.07, 6.45) is 2.30. The van der Waals surface area contributed by atoms with Crippen molar-refractivity contribution in [3.8, 4) is 16.9 Å². The number of para-hydroxylation sites is 1. The van der Waals surface area contributed by atoms with Gasteiger partial charge in [0.05, 0.1) is 18.5 Å². The highest BCUT2D eigenvalue weighted by Gasteiger charge is 2.46. The van der Waals surface area contributed by atoms with E-state index in [1.165, 1.54) is 5.82 Å². The molecule has 0 N–H and O–H groups in total. The molecule has 3 aliphatic rings. The SMILES string of the molecule is O=C(/C=C/P1(=O)Oc2ccccc2-c2ccccc21)OCC1COC2(CCCO2)O1. The van der Waals surface area contributed by atoms with Crippen LogP contribution in [0.25, 0.3) is 11.1 Å². The summed E-state index contributed by atoms with van der Waals surface area (Å²) in [5.41, 5.74) is 1.70. The molecule has 2 fully saturated rings. The minimum Gasteiger partial charge on any atom is -0.460 e. The van der Waals surface area contributed by atoms with Crippen LogP contribution >= 0.6 is 7.37 Å². The molecule has 156 valence electrons. The van der Waals surface area contributed by atoms with Gasteiger partial charge < -0.3 is 23.5 Å². The zero-order valence-corrected chi connectivity index (χ0v) is 17.1. The molecule has 30 heavy (non-hydrogen) atoms. The Morgan fingerprint density at radius 2 is 1.93 bits per heavy atom. The van der Waals surface area contributed by atoms with Gasteiger partial charge in [0.2, 0.25) is 0 Å². The standard InChI is InChI=1S/C22H21O7P/c23-21(25-14-16-15-27-22(28-16)11-5-12-26-22)10-13-30(24)20-9-4-2-7-18(20)17-6-1-3-8-19(17)29-30/h1-4,6-10,13,16H,5,11-12,14-15H2/b13-10+. The van der Waals surface area contributed by atoms with Gasteiger partial charge in [0.15, 0.2) is 0 Å². The Labute approximate surface area is 174 Å². The number of rotatable bonds is 4. The van der Waals surface area contributed by atoms with E-state index in [0.717, 1.165) is 23.6 Å². The number of ether oxygens (including phenoxy) is 4. The van der Waals surface area contributed by atoms with Gasteiger partial charge in [-0.25, -0.2) is 4.79 Å². The smallest absolute Gasteiger partial charge is 0.331 e. The molecule has 2 aromatic carbocycles. The summed E-state index contributed by atoms with van der Waals surface area (Å²) < 4.78 is 41.5. The molecule has 2 saturated heterocycles. The van der Waals surface area contributed by atoms with Gasteiger partial charge >= 0.3 is 13.3 Å². The average Bonchev–Trinajstić information content (AvgIpc) is 3.40. The van der Waals surface area contributed by atoms with Crippen LogP contribution in [0.15, 0.2) is 60.4 Å². The number of hydrogen-bond donors (Lipinski definition) is 0. The van der Waals surface area contributed by atoms with Gasteiger partial charge in [-0.15, -0.1) is 0 Å². The molecule has 0 aliphatic carbocycles. The van der Waals surface area contributed by atoms with Crippen molar-refractivity contribution in [3.63, 3.8) is 0 Å². The van der Waals surface area contributed by atoms with Crippen LogP contribution in [0.4, 0.5) is 0 Å². The molecule has 3 heterocycles. The molecular weight excluding hydrogens is 407 g/mol. The van der Waals surface area contributed by atoms with Crippen molar-refractivity contribution in [2.75, 3.05) is 19.8 Å². The number of carbonyl (C=O) groups is 1. The minimum atomic E-state index is -3.42. The Bertz CT molecular complexity index is 1040. The zero-order chi connectivity index (χ0) is 20.6. The van der Waals surface area contributed by atoms with Crippen LogP contribution in [-0.2, 0) is 28.3 Å². The maximum atomic E-state index is 13.6. The summed E-state index contributed by atoms with van der Waals surface area (Å²) in [4.78, 5) is 12.2. The second-order valence-corrected chi connectivity index (χ2v) is 9.49. The number of esters is 1. The second-order valence-electron chi connectivity index (χ2n) is 7.33. The Morgan fingerprint density at radius 3 is 2.77 bits per heavy atom. The summed E-state index contributed by atoms with van der Waals surface area (Å²) in [5, 5.41) is 0.556. The third kappa shape index (κ3) is 3.59. The van der Waals surface area contributed by atoms with Crippen LogP contribution in [-0.4, -0.2) is 37.9 Å². The molecule has 7 nitrogen and oxygen atoms in total. The summed E-state index contributed by atoms with van der Waals surface area (Å²) in [6, 6.07) is 14.7. The number of hydrogen-bond acceptors (Lipinski definition) is 7. The van der Waals surface area contributed by atoms with E-state index in [1.807, 2.05) is 30.3 Å². The van der Waals surface area contributed by atoms with Gasteiger partial charge in [-0.1, -0.05) is 36.4 Å². The number of carbonyl (C=O) groups excluding carboxylic acids is 1. The Balaban J connectivity index is 1.27. The van der Waals surface area contributed by atoms with Crippen molar-refractivity contribution < 1.29 is 32.8 Å². The molecule has 1 spiro atoms. The molecule has 0 bridgehead atoms. The van der Waals surface area contributed by atoms with E-state index in [2.05, 4.69) is 0 Å². The fraction of sp³-hybridized carbons (Fsp3) is 0.318. The maximum Gasteiger partial charge on any atom is 0.331 e. The molecule has 3 aliphatic heterocycles. The molecule has 0 radical (unpaired) electrons. The van der Waals surface area contributed by atoms with Crippen molar-refractivity contribution in [2.45, 2.75) is 24.9 Å². The fourth-order valence-corrected chi connectivity index (χ4v) is 5.76. The van der Waals surface area contributed by atoms with Gasteiger partial charge in [0.1, 0.15) is 18.5 Å². The number of fused-ring (bicyclic) bond motifs is 3. The quantitative estimate of drug-likeness (QED) is 0.418. The van der Waals surface area contributed by atoms with Gasteiger partial charge in [-0.05, 0) is 24.1 Å². The molecule has 0 amide bonds. The highest BCUT2D eigenvalue weighted by atomic mass is 31.2. The van der Waals surface area contributed by atoms with Crippen molar-refractivity contribution in [1.82, 2.24) is 0 Å². The molecule has 8 heteroatoms. The van der Waals surface area contributed by atoms with Crippen LogP contribution in [0, 0.1) is 0 Å². The molecule has 3 atom stereocenters. The van der Waals surface area contributed by atoms with E-state index in [0.29, 0.717) is 30.7 Å². The van der Waals surface area contributed by atoms with Crippen LogP contribution in [0.1, 0.15) is 12.8 Å². The summed E-state index contributed by atoms with van der Waals surface area (Å²) in [5.74, 6) is 0.223. The molecule has 3 unspecified atom stereocenters. The van der Waals surface area contributed by atoms with Crippen molar-refractivity contribution >= 4 is 18.6 Å². The predicted octanol–water partition coefficient (Wildman–Crippen LogP) is 3.59. The monoisotopic (exact) mass is 428 g/mol. The molecule has 5 rings (SSSR count). The van der Waals surface area contributed by atoms with E-state index in [9.17, 15) is 9.36 Å². The predicted molar refractivity (Wildman–Crippen MR) is 109 cm³/mol. The third-order valence-electron chi connectivity index (χ3n) is 5.25. The van der Waals surface area contributed by atoms with Gasteiger partial charge in [0, 0.05) is 23.9 Å². The average molecular weight is 428 g/mol. The molecule has 0 aromatic heterocycles. The first-order valence-corrected chi connectivity index (χ1v) is 11.6. The Morgan fingerprint density at radius 1 is 1.13 bits per heavy atom. The summed E-state index contributed by atoms with van der Waals surface area (Å²) >= 11 is 0. The molecule has 2 aromatic rings. The molecule has 0 saturated carbocycles. The maximum absolute atomic E-state index is 13.6. The van der Waals surface area contributed by atoms with E-state index in [1.54, 1.807) is 18.2 Å². The van der Waals surface area contributed by atoms with E-state index < -0.39 is 25.4 Å². The van der Waals surface area contributed by atoms with Crippen LogP contribution in [0.3, 0.4) is 0 Å². The first-order chi connectivity index (χ1) is 14.6. The highest BCUT2D eigenvalue weighted by Crippen LogP contribution is 2.55. The van der Waals surface area contributed by atoms with Crippen molar-refractivity contribution in [2.24, 2.45) is 0 Å². The second kappa shape index (κ2) is 7.67. The Hall–Kier alpha value is -2.44. The minimum absolute atomic E-state index is 0.0266.